The Bertz CT molecular complexity index is 1450. The molecule has 0 bridgehead atoms. The minimum Gasteiger partial charge on any atom is -0.493 e. The minimum atomic E-state index is -4.56. The Morgan fingerprint density at radius 1 is 0.914 bits per heavy atom. The van der Waals surface area contributed by atoms with Gasteiger partial charge in [-0.05, 0) is 36.4 Å². The molecule has 10 heteroatoms. The van der Waals surface area contributed by atoms with Gasteiger partial charge in [0, 0.05) is 11.1 Å². The number of halogens is 3. The Balaban J connectivity index is 1.92. The third-order valence-corrected chi connectivity index (χ3v) is 5.21. The van der Waals surface area contributed by atoms with Gasteiger partial charge in [-0.1, -0.05) is 24.3 Å². The predicted molar refractivity (Wildman–Crippen MR) is 126 cm³/mol. The summed E-state index contributed by atoms with van der Waals surface area (Å²) >= 11 is 0. The van der Waals surface area contributed by atoms with E-state index in [0.29, 0.717) is 28.3 Å². The number of rotatable bonds is 6. The molecule has 0 N–H and O–H groups in total. The molecule has 0 saturated carbocycles. The molecule has 0 aliphatic rings. The molecule has 0 aliphatic heterocycles. The summed E-state index contributed by atoms with van der Waals surface area (Å²) in [7, 11) is 4.39. The van der Waals surface area contributed by atoms with E-state index in [0.717, 1.165) is 16.8 Å². The van der Waals surface area contributed by atoms with E-state index in [1.807, 2.05) is 0 Å². The molecule has 3 aromatic carbocycles. The molecule has 0 radical (unpaired) electrons. The number of hydrogen-bond donors (Lipinski definition) is 0. The zero-order chi connectivity index (χ0) is 25.2. The SMILES string of the molecule is COc1cc(C=Nn2c(-c3cccc(C(F)(F)F)c3)nc3ccccc3c2=O)cc(OC)c1OC. The lowest BCUT2D eigenvalue weighted by molar-refractivity contribution is -0.137. The second-order valence-corrected chi connectivity index (χ2v) is 7.35. The molecular formula is C25H20F3N3O4. The lowest BCUT2D eigenvalue weighted by Crippen LogP contribution is -2.20. The standard InChI is InChI=1S/C25H20F3N3O4/c1-33-20-11-15(12-21(34-2)22(20)35-3)14-29-31-23(16-7-6-8-17(13-16)25(26,27)28)30-19-10-5-4-9-18(19)24(31)32/h4-14H,1-3H3. The predicted octanol–water partition coefficient (Wildman–Crippen LogP) is 4.99. The van der Waals surface area contributed by atoms with Gasteiger partial charge in [0.05, 0.1) is 44.0 Å². The summed E-state index contributed by atoms with van der Waals surface area (Å²) in [5.74, 6) is 1.08. The number of nitrogens with zero attached hydrogens (tertiary/aromatic N) is 3. The number of methoxy groups -OCH3 is 3. The van der Waals surface area contributed by atoms with Crippen LogP contribution in [0.25, 0.3) is 22.3 Å². The van der Waals surface area contributed by atoms with Gasteiger partial charge in [-0.25, -0.2) is 4.98 Å². The first kappa shape index (κ1) is 23.8. The second-order valence-electron chi connectivity index (χ2n) is 7.35. The van der Waals surface area contributed by atoms with Crippen LogP contribution < -0.4 is 19.8 Å². The molecule has 180 valence electrons. The number of alkyl halides is 3. The van der Waals surface area contributed by atoms with Crippen molar-refractivity contribution < 1.29 is 27.4 Å². The smallest absolute Gasteiger partial charge is 0.416 e. The third-order valence-electron chi connectivity index (χ3n) is 5.21. The fourth-order valence-corrected chi connectivity index (χ4v) is 3.55. The molecule has 1 heterocycles. The molecule has 0 aliphatic carbocycles. The summed E-state index contributed by atoms with van der Waals surface area (Å²) in [6, 6.07) is 14.4. The first-order valence-electron chi connectivity index (χ1n) is 10.3. The van der Waals surface area contributed by atoms with Gasteiger partial charge in [-0.15, -0.1) is 0 Å². The van der Waals surface area contributed by atoms with E-state index in [9.17, 15) is 18.0 Å². The van der Waals surface area contributed by atoms with E-state index >= 15 is 0 Å². The quantitative estimate of drug-likeness (QED) is 0.361. The molecule has 35 heavy (non-hydrogen) atoms. The molecule has 0 fully saturated rings. The maximum Gasteiger partial charge on any atom is 0.416 e. The van der Waals surface area contributed by atoms with Crippen molar-refractivity contribution in [1.82, 2.24) is 9.66 Å². The topological polar surface area (TPSA) is 74.9 Å². The molecule has 0 atom stereocenters. The number of fused-ring (bicyclic) bond motifs is 1. The highest BCUT2D eigenvalue weighted by atomic mass is 19.4. The van der Waals surface area contributed by atoms with Crippen molar-refractivity contribution >= 4 is 17.1 Å². The van der Waals surface area contributed by atoms with Crippen molar-refractivity contribution in [1.29, 1.82) is 0 Å². The molecular weight excluding hydrogens is 463 g/mol. The first-order chi connectivity index (χ1) is 16.8. The zero-order valence-electron chi connectivity index (χ0n) is 19.0. The van der Waals surface area contributed by atoms with E-state index in [1.165, 1.54) is 39.7 Å². The lowest BCUT2D eigenvalue weighted by atomic mass is 10.1. The van der Waals surface area contributed by atoms with Gasteiger partial charge in [0.1, 0.15) is 0 Å². The van der Waals surface area contributed by atoms with Crippen LogP contribution in [0.3, 0.4) is 0 Å². The maximum atomic E-state index is 13.3. The zero-order valence-corrected chi connectivity index (χ0v) is 19.0. The van der Waals surface area contributed by atoms with E-state index in [-0.39, 0.29) is 16.8 Å². The van der Waals surface area contributed by atoms with Gasteiger partial charge in [0.25, 0.3) is 5.56 Å². The van der Waals surface area contributed by atoms with Gasteiger partial charge < -0.3 is 14.2 Å². The highest BCUT2D eigenvalue weighted by molar-refractivity contribution is 5.83. The molecule has 1 aromatic heterocycles. The number of hydrogen-bond acceptors (Lipinski definition) is 6. The average molecular weight is 483 g/mol. The summed E-state index contributed by atoms with van der Waals surface area (Å²) < 4.78 is 57.0. The minimum absolute atomic E-state index is 0.0384. The fraction of sp³-hybridized carbons (Fsp3) is 0.160. The summed E-state index contributed by atoms with van der Waals surface area (Å²) in [6.07, 6.45) is -3.20. The van der Waals surface area contributed by atoms with Crippen molar-refractivity contribution in [3.8, 4) is 28.6 Å². The largest absolute Gasteiger partial charge is 0.493 e. The van der Waals surface area contributed by atoms with Gasteiger partial charge in [-0.3, -0.25) is 4.79 Å². The number of aromatic nitrogens is 2. The van der Waals surface area contributed by atoms with Crippen LogP contribution in [0.2, 0.25) is 0 Å². The van der Waals surface area contributed by atoms with Gasteiger partial charge in [0.15, 0.2) is 17.3 Å². The Morgan fingerprint density at radius 2 is 1.60 bits per heavy atom. The Hall–Kier alpha value is -4.34. The number of ether oxygens (including phenoxy) is 3. The normalized spacial score (nSPS) is 11.7. The highest BCUT2D eigenvalue weighted by Gasteiger charge is 2.31. The Kier molecular flexibility index (Phi) is 6.46. The summed E-state index contributed by atoms with van der Waals surface area (Å²) in [6.45, 7) is 0. The first-order valence-corrected chi connectivity index (χ1v) is 10.3. The van der Waals surface area contributed by atoms with Crippen LogP contribution in [0.5, 0.6) is 17.2 Å². The molecule has 4 aromatic rings. The van der Waals surface area contributed by atoms with Crippen LogP contribution in [0.4, 0.5) is 13.2 Å². The lowest BCUT2D eigenvalue weighted by Gasteiger charge is -2.13. The van der Waals surface area contributed by atoms with Crippen LogP contribution in [-0.2, 0) is 6.18 Å². The van der Waals surface area contributed by atoms with Crippen molar-refractivity contribution in [3.05, 3.63) is 82.1 Å². The number of para-hydroxylation sites is 1. The van der Waals surface area contributed by atoms with Gasteiger partial charge in [0.2, 0.25) is 5.75 Å². The van der Waals surface area contributed by atoms with Crippen LogP contribution in [0.1, 0.15) is 11.1 Å². The molecule has 0 amide bonds. The molecule has 0 saturated heterocycles. The van der Waals surface area contributed by atoms with Crippen LogP contribution in [-0.4, -0.2) is 37.2 Å². The van der Waals surface area contributed by atoms with Crippen LogP contribution >= 0.6 is 0 Å². The van der Waals surface area contributed by atoms with E-state index in [4.69, 9.17) is 14.2 Å². The molecule has 0 unspecified atom stereocenters. The maximum absolute atomic E-state index is 13.3. The van der Waals surface area contributed by atoms with Crippen molar-refractivity contribution in [2.24, 2.45) is 5.10 Å². The summed E-state index contributed by atoms with van der Waals surface area (Å²) in [4.78, 5) is 17.7. The summed E-state index contributed by atoms with van der Waals surface area (Å²) in [5.41, 5.74) is -0.479. The highest BCUT2D eigenvalue weighted by Crippen LogP contribution is 2.38. The van der Waals surface area contributed by atoms with Crippen LogP contribution in [0.15, 0.2) is 70.6 Å². The fourth-order valence-electron chi connectivity index (χ4n) is 3.55. The van der Waals surface area contributed by atoms with Crippen molar-refractivity contribution in [2.45, 2.75) is 6.18 Å². The molecule has 7 nitrogen and oxygen atoms in total. The van der Waals surface area contributed by atoms with Crippen molar-refractivity contribution in [2.75, 3.05) is 21.3 Å². The molecule has 4 rings (SSSR count). The summed E-state index contributed by atoms with van der Waals surface area (Å²) in [5, 5.41) is 4.55. The van der Waals surface area contributed by atoms with Crippen molar-refractivity contribution in [3.63, 3.8) is 0 Å². The molecule has 0 spiro atoms. The van der Waals surface area contributed by atoms with Gasteiger partial charge in [-0.2, -0.15) is 22.9 Å². The Labute approximate surface area is 198 Å². The third kappa shape index (κ3) is 4.68. The van der Waals surface area contributed by atoms with E-state index in [1.54, 1.807) is 36.4 Å². The monoisotopic (exact) mass is 483 g/mol. The van der Waals surface area contributed by atoms with E-state index < -0.39 is 17.3 Å². The average Bonchev–Trinajstić information content (AvgIpc) is 2.86. The van der Waals surface area contributed by atoms with Crippen LogP contribution in [0, 0.1) is 0 Å². The van der Waals surface area contributed by atoms with E-state index in [2.05, 4.69) is 10.1 Å². The number of benzene rings is 3. The Morgan fingerprint density at radius 3 is 2.23 bits per heavy atom. The van der Waals surface area contributed by atoms with Gasteiger partial charge >= 0.3 is 6.18 Å². The second kappa shape index (κ2) is 9.49.